The highest BCUT2D eigenvalue weighted by molar-refractivity contribution is 5.94. The third-order valence-corrected chi connectivity index (χ3v) is 6.68. The molecular formula is C26H34N2O2. The van der Waals surface area contributed by atoms with Crippen LogP contribution >= 0.6 is 0 Å². The van der Waals surface area contributed by atoms with Gasteiger partial charge in [0.1, 0.15) is 0 Å². The zero-order chi connectivity index (χ0) is 21.0. The summed E-state index contributed by atoms with van der Waals surface area (Å²) in [7, 11) is 0. The van der Waals surface area contributed by atoms with Crippen molar-refractivity contribution >= 4 is 5.91 Å². The van der Waals surface area contributed by atoms with Crippen LogP contribution in [0.3, 0.4) is 0 Å². The molecule has 160 valence electrons. The maximum atomic E-state index is 12.3. The lowest BCUT2D eigenvalue weighted by Gasteiger charge is -2.39. The number of hydrogen-bond acceptors (Lipinski definition) is 3. The topological polar surface area (TPSA) is 41.6 Å². The molecule has 2 fully saturated rings. The van der Waals surface area contributed by atoms with Gasteiger partial charge in [0, 0.05) is 31.7 Å². The molecule has 4 rings (SSSR count). The van der Waals surface area contributed by atoms with Crippen LogP contribution in [0.2, 0.25) is 0 Å². The summed E-state index contributed by atoms with van der Waals surface area (Å²) >= 11 is 0. The molecule has 2 aliphatic rings. The number of nitrogens with zero attached hydrogens (tertiary/aromatic N) is 1. The number of rotatable bonds is 6. The maximum Gasteiger partial charge on any atom is 0.251 e. The second-order valence-electron chi connectivity index (χ2n) is 9.21. The van der Waals surface area contributed by atoms with Crippen molar-refractivity contribution in [3.8, 4) is 0 Å². The van der Waals surface area contributed by atoms with Crippen LogP contribution in [0.4, 0.5) is 0 Å². The van der Waals surface area contributed by atoms with E-state index in [9.17, 15) is 4.79 Å². The second-order valence-corrected chi connectivity index (χ2v) is 9.21. The molecule has 1 N–H and O–H groups in total. The largest absolute Gasteiger partial charge is 0.370 e. The number of piperidine rings is 1. The molecule has 2 aromatic carbocycles. The Morgan fingerprint density at radius 1 is 1.07 bits per heavy atom. The maximum absolute atomic E-state index is 12.3. The lowest BCUT2D eigenvalue weighted by atomic mass is 9.88. The summed E-state index contributed by atoms with van der Waals surface area (Å²) in [6.45, 7) is 8.25. The molecule has 0 aromatic heterocycles. The Hall–Kier alpha value is -2.17. The van der Waals surface area contributed by atoms with Crippen LogP contribution in [0.15, 0.2) is 54.6 Å². The van der Waals surface area contributed by atoms with E-state index >= 15 is 0 Å². The van der Waals surface area contributed by atoms with Crippen molar-refractivity contribution in [1.29, 1.82) is 0 Å². The summed E-state index contributed by atoms with van der Waals surface area (Å²) in [5, 5.41) is 3.04. The second kappa shape index (κ2) is 9.32. The normalized spacial score (nSPS) is 21.2. The minimum absolute atomic E-state index is 0.0140. The number of hydrogen-bond donors (Lipinski definition) is 1. The minimum atomic E-state index is -0.0153. The SMILES string of the molecule is CC(C)c1ccc(CN2CCC3(CCC(CNC(=O)c4ccccc4)O3)CC2)cc1. The number of likely N-dealkylation sites (tertiary alicyclic amines) is 1. The van der Waals surface area contributed by atoms with E-state index < -0.39 is 0 Å². The summed E-state index contributed by atoms with van der Waals surface area (Å²) in [5.74, 6) is 0.567. The van der Waals surface area contributed by atoms with Gasteiger partial charge < -0.3 is 10.1 Å². The number of carbonyl (C=O) groups is 1. The predicted octanol–water partition coefficient (Wildman–Crippen LogP) is 4.75. The van der Waals surface area contributed by atoms with Gasteiger partial charge in [-0.15, -0.1) is 0 Å². The number of nitrogens with one attached hydrogen (secondary N) is 1. The molecule has 1 spiro atoms. The Bertz CT molecular complexity index is 824. The molecule has 2 saturated heterocycles. The highest BCUT2D eigenvalue weighted by Gasteiger charge is 2.42. The van der Waals surface area contributed by atoms with Crippen molar-refractivity contribution in [2.75, 3.05) is 19.6 Å². The monoisotopic (exact) mass is 406 g/mol. The van der Waals surface area contributed by atoms with Gasteiger partial charge >= 0.3 is 0 Å². The summed E-state index contributed by atoms with van der Waals surface area (Å²) in [5.41, 5.74) is 3.52. The standard InChI is InChI=1S/C26H34N2O2/c1-20(2)22-10-8-21(9-11-22)19-28-16-14-26(15-17-28)13-12-24(30-26)18-27-25(29)23-6-4-3-5-7-23/h3-11,20,24H,12-19H2,1-2H3,(H,27,29). The molecule has 1 atom stereocenters. The van der Waals surface area contributed by atoms with E-state index in [4.69, 9.17) is 4.74 Å². The molecule has 1 amide bonds. The van der Waals surface area contributed by atoms with Crippen molar-refractivity contribution in [1.82, 2.24) is 10.2 Å². The number of ether oxygens (including phenoxy) is 1. The molecular weight excluding hydrogens is 372 g/mol. The van der Waals surface area contributed by atoms with Crippen molar-refractivity contribution in [3.05, 3.63) is 71.3 Å². The Morgan fingerprint density at radius 3 is 2.43 bits per heavy atom. The first-order valence-corrected chi connectivity index (χ1v) is 11.4. The van der Waals surface area contributed by atoms with Gasteiger partial charge in [-0.05, 0) is 54.9 Å². The molecule has 2 aliphatic heterocycles. The minimum Gasteiger partial charge on any atom is -0.370 e. The highest BCUT2D eigenvalue weighted by atomic mass is 16.5. The van der Waals surface area contributed by atoms with Gasteiger partial charge in [0.05, 0.1) is 11.7 Å². The van der Waals surface area contributed by atoms with E-state index in [0.29, 0.717) is 18.0 Å². The van der Waals surface area contributed by atoms with Gasteiger partial charge in [-0.25, -0.2) is 0 Å². The van der Waals surface area contributed by atoms with Crippen molar-refractivity contribution in [2.24, 2.45) is 0 Å². The Kier molecular flexibility index (Phi) is 6.55. The third kappa shape index (κ3) is 5.11. The van der Waals surface area contributed by atoms with Crippen molar-refractivity contribution in [3.63, 3.8) is 0 Å². The number of carbonyl (C=O) groups excluding carboxylic acids is 1. The lowest BCUT2D eigenvalue weighted by molar-refractivity contribution is -0.0764. The van der Waals surface area contributed by atoms with Crippen LogP contribution in [-0.2, 0) is 11.3 Å². The van der Waals surface area contributed by atoms with Crippen LogP contribution < -0.4 is 5.32 Å². The van der Waals surface area contributed by atoms with E-state index in [0.717, 1.165) is 45.3 Å². The first-order valence-electron chi connectivity index (χ1n) is 11.4. The van der Waals surface area contributed by atoms with E-state index in [1.54, 1.807) is 0 Å². The van der Waals surface area contributed by atoms with Gasteiger partial charge in [0.2, 0.25) is 0 Å². The summed E-state index contributed by atoms with van der Waals surface area (Å²) in [4.78, 5) is 14.8. The van der Waals surface area contributed by atoms with Gasteiger partial charge in [0.15, 0.2) is 0 Å². The fourth-order valence-electron chi connectivity index (χ4n) is 4.69. The Balaban J connectivity index is 1.22. The highest BCUT2D eigenvalue weighted by Crippen LogP contribution is 2.39. The Labute approximate surface area is 180 Å². The zero-order valence-corrected chi connectivity index (χ0v) is 18.3. The number of benzene rings is 2. The van der Waals surface area contributed by atoms with Crippen LogP contribution in [0.25, 0.3) is 0 Å². The molecule has 0 bridgehead atoms. The molecule has 0 radical (unpaired) electrons. The van der Waals surface area contributed by atoms with E-state index in [2.05, 4.69) is 48.3 Å². The summed E-state index contributed by atoms with van der Waals surface area (Å²) in [6.07, 6.45) is 4.44. The van der Waals surface area contributed by atoms with Gasteiger partial charge in [0.25, 0.3) is 5.91 Å². The Morgan fingerprint density at radius 2 is 1.77 bits per heavy atom. The van der Waals surface area contributed by atoms with Crippen LogP contribution in [0, 0.1) is 0 Å². The summed E-state index contributed by atoms with van der Waals surface area (Å²) < 4.78 is 6.48. The van der Waals surface area contributed by atoms with E-state index in [-0.39, 0.29) is 17.6 Å². The van der Waals surface area contributed by atoms with E-state index in [1.807, 2.05) is 30.3 Å². The average Bonchev–Trinajstić information content (AvgIpc) is 3.17. The van der Waals surface area contributed by atoms with Crippen LogP contribution in [-0.4, -0.2) is 42.1 Å². The first-order chi connectivity index (χ1) is 14.5. The van der Waals surface area contributed by atoms with Gasteiger partial charge in [-0.3, -0.25) is 9.69 Å². The van der Waals surface area contributed by atoms with Crippen LogP contribution in [0.1, 0.15) is 66.9 Å². The molecule has 4 nitrogen and oxygen atoms in total. The predicted molar refractivity (Wildman–Crippen MR) is 121 cm³/mol. The van der Waals surface area contributed by atoms with Crippen molar-refractivity contribution in [2.45, 2.75) is 63.7 Å². The van der Waals surface area contributed by atoms with E-state index in [1.165, 1.54) is 11.1 Å². The molecule has 0 aliphatic carbocycles. The summed E-state index contributed by atoms with van der Waals surface area (Å²) in [6, 6.07) is 18.5. The quantitative estimate of drug-likeness (QED) is 0.752. The first kappa shape index (κ1) is 21.1. The lowest BCUT2D eigenvalue weighted by Crippen LogP contribution is -2.44. The van der Waals surface area contributed by atoms with Crippen LogP contribution in [0.5, 0.6) is 0 Å². The number of amides is 1. The molecule has 0 saturated carbocycles. The fourth-order valence-corrected chi connectivity index (χ4v) is 4.69. The zero-order valence-electron chi connectivity index (χ0n) is 18.3. The average molecular weight is 407 g/mol. The molecule has 1 unspecified atom stereocenters. The van der Waals surface area contributed by atoms with Gasteiger partial charge in [-0.2, -0.15) is 0 Å². The smallest absolute Gasteiger partial charge is 0.251 e. The fraction of sp³-hybridized carbons (Fsp3) is 0.500. The van der Waals surface area contributed by atoms with Gasteiger partial charge in [-0.1, -0.05) is 56.3 Å². The molecule has 4 heteroatoms. The molecule has 2 aromatic rings. The third-order valence-electron chi connectivity index (χ3n) is 6.68. The molecule has 30 heavy (non-hydrogen) atoms. The van der Waals surface area contributed by atoms with Crippen molar-refractivity contribution < 1.29 is 9.53 Å². The molecule has 2 heterocycles.